The van der Waals surface area contributed by atoms with Gasteiger partial charge in [-0.2, -0.15) is 5.10 Å². The second-order valence-corrected chi connectivity index (χ2v) is 11.4. The van der Waals surface area contributed by atoms with Gasteiger partial charge in [0.05, 0.1) is 11.7 Å². The largest absolute Gasteiger partial charge is 0.375 e. The lowest BCUT2D eigenvalue weighted by Crippen LogP contribution is -2.27. The maximum absolute atomic E-state index is 5.14. The van der Waals surface area contributed by atoms with Crippen molar-refractivity contribution in [2.75, 3.05) is 5.32 Å². The summed E-state index contributed by atoms with van der Waals surface area (Å²) in [6, 6.07) is 30.5. The summed E-state index contributed by atoms with van der Waals surface area (Å²) in [6.45, 7) is 15.8. The highest BCUT2D eigenvalue weighted by Crippen LogP contribution is 2.40. The van der Waals surface area contributed by atoms with Gasteiger partial charge in [0.25, 0.3) is 0 Å². The van der Waals surface area contributed by atoms with Crippen LogP contribution in [-0.4, -0.2) is 9.78 Å². The van der Waals surface area contributed by atoms with Crippen molar-refractivity contribution in [2.45, 2.75) is 77.8 Å². The minimum Gasteiger partial charge on any atom is -0.375 e. The number of rotatable bonds is 8. The zero-order chi connectivity index (χ0) is 25.9. The van der Waals surface area contributed by atoms with Crippen molar-refractivity contribution in [1.29, 1.82) is 0 Å². The fourth-order valence-corrected chi connectivity index (χ4v) is 4.92. The second-order valence-electron chi connectivity index (χ2n) is 11.4. The van der Waals surface area contributed by atoms with Gasteiger partial charge in [0, 0.05) is 17.3 Å². The van der Waals surface area contributed by atoms with Crippen LogP contribution in [0.2, 0.25) is 0 Å². The topological polar surface area (TPSA) is 29.9 Å². The first-order chi connectivity index (χ1) is 17.2. The molecule has 4 aromatic rings. The lowest BCUT2D eigenvalue weighted by molar-refractivity contribution is 0.446. The van der Waals surface area contributed by atoms with Crippen LogP contribution in [0, 0.1) is 0 Å². The number of hydrogen-bond donors (Lipinski definition) is 1. The third kappa shape index (κ3) is 5.56. The molecule has 2 atom stereocenters. The number of nitrogens with zero attached hydrogens (tertiary/aromatic N) is 2. The molecule has 36 heavy (non-hydrogen) atoms. The van der Waals surface area contributed by atoms with E-state index in [2.05, 4.69) is 150 Å². The molecule has 188 valence electrons. The van der Waals surface area contributed by atoms with Crippen LogP contribution in [0.1, 0.15) is 100 Å². The van der Waals surface area contributed by atoms with Crippen LogP contribution in [0.4, 0.5) is 5.69 Å². The van der Waals surface area contributed by atoms with Crippen molar-refractivity contribution >= 4 is 5.69 Å². The van der Waals surface area contributed by atoms with Crippen LogP contribution < -0.4 is 5.32 Å². The summed E-state index contributed by atoms with van der Waals surface area (Å²) in [4.78, 5) is 0. The number of aromatic nitrogens is 2. The second kappa shape index (κ2) is 10.7. The lowest BCUT2D eigenvalue weighted by Gasteiger charge is -2.33. The molecule has 3 aromatic carbocycles. The zero-order valence-corrected chi connectivity index (χ0v) is 22.9. The monoisotopic (exact) mass is 479 g/mol. The van der Waals surface area contributed by atoms with Crippen LogP contribution in [-0.2, 0) is 5.41 Å². The molecular formula is C33H41N3. The normalized spacial score (nSPS) is 13.7. The van der Waals surface area contributed by atoms with Crippen molar-refractivity contribution < 1.29 is 0 Å². The molecule has 3 heteroatoms. The van der Waals surface area contributed by atoms with Crippen LogP contribution in [0.5, 0.6) is 0 Å². The van der Waals surface area contributed by atoms with E-state index in [9.17, 15) is 0 Å². The SMILES string of the molecule is CC(C)c1cccc(C(C)C)c1N[C@@H](c1ccccc1)[C@@H](c1ccccc1)n1ccc(C(C)(C)C)n1. The van der Waals surface area contributed by atoms with Gasteiger partial charge in [-0.05, 0) is 40.2 Å². The smallest absolute Gasteiger partial charge is 0.101 e. The summed E-state index contributed by atoms with van der Waals surface area (Å²) in [5.41, 5.74) is 7.51. The molecule has 0 radical (unpaired) electrons. The number of hydrogen-bond acceptors (Lipinski definition) is 2. The third-order valence-electron chi connectivity index (χ3n) is 6.95. The van der Waals surface area contributed by atoms with Gasteiger partial charge in [-0.15, -0.1) is 0 Å². The number of nitrogens with one attached hydrogen (secondary N) is 1. The first-order valence-electron chi connectivity index (χ1n) is 13.2. The predicted octanol–water partition coefficient (Wildman–Crippen LogP) is 8.87. The highest BCUT2D eigenvalue weighted by atomic mass is 15.3. The molecule has 4 rings (SSSR count). The van der Waals surface area contributed by atoms with E-state index in [1.165, 1.54) is 27.9 Å². The Labute approximate surface area is 217 Å². The van der Waals surface area contributed by atoms with Gasteiger partial charge >= 0.3 is 0 Å². The average Bonchev–Trinajstić information content (AvgIpc) is 3.35. The predicted molar refractivity (Wildman–Crippen MR) is 153 cm³/mol. The average molecular weight is 480 g/mol. The van der Waals surface area contributed by atoms with Gasteiger partial charge < -0.3 is 5.32 Å². The van der Waals surface area contributed by atoms with E-state index in [4.69, 9.17) is 5.10 Å². The highest BCUT2D eigenvalue weighted by molar-refractivity contribution is 5.61. The van der Waals surface area contributed by atoms with Gasteiger partial charge in [-0.25, -0.2) is 0 Å². The van der Waals surface area contributed by atoms with Gasteiger partial charge in [0.15, 0.2) is 0 Å². The molecule has 1 heterocycles. The fraction of sp³-hybridized carbons (Fsp3) is 0.364. The standard InChI is InChI=1S/C33H41N3/c1-23(2)27-19-14-20-28(24(3)4)31(27)34-30(25-15-10-8-11-16-25)32(26-17-12-9-13-18-26)36-22-21-29(35-36)33(5,6)7/h8-24,30,32,34H,1-7H3/t30-,32+/m0/s1. The molecule has 0 fully saturated rings. The summed E-state index contributed by atoms with van der Waals surface area (Å²) >= 11 is 0. The maximum atomic E-state index is 5.14. The molecule has 0 aliphatic carbocycles. The van der Waals surface area contributed by atoms with Crippen LogP contribution >= 0.6 is 0 Å². The van der Waals surface area contributed by atoms with E-state index in [1.54, 1.807) is 0 Å². The molecule has 0 amide bonds. The molecule has 0 aliphatic heterocycles. The Hall–Kier alpha value is -3.33. The van der Waals surface area contributed by atoms with E-state index >= 15 is 0 Å². The Morgan fingerprint density at radius 1 is 0.667 bits per heavy atom. The van der Waals surface area contributed by atoms with Crippen LogP contribution in [0.15, 0.2) is 91.1 Å². The van der Waals surface area contributed by atoms with Crippen LogP contribution in [0.25, 0.3) is 0 Å². The Morgan fingerprint density at radius 3 is 1.67 bits per heavy atom. The van der Waals surface area contributed by atoms with Crippen molar-refractivity contribution in [3.8, 4) is 0 Å². The van der Waals surface area contributed by atoms with Gasteiger partial charge in [-0.3, -0.25) is 4.68 Å². The van der Waals surface area contributed by atoms with Crippen molar-refractivity contribution in [1.82, 2.24) is 9.78 Å². The lowest BCUT2D eigenvalue weighted by atomic mass is 9.89. The summed E-state index contributed by atoms with van der Waals surface area (Å²) in [5.74, 6) is 0.824. The minimum absolute atomic E-state index is 0.0151. The third-order valence-corrected chi connectivity index (χ3v) is 6.95. The molecule has 0 saturated heterocycles. The first-order valence-corrected chi connectivity index (χ1v) is 13.2. The molecule has 1 N–H and O–H groups in total. The Kier molecular flexibility index (Phi) is 7.68. The molecule has 0 aliphatic rings. The summed E-state index contributed by atoms with van der Waals surface area (Å²) in [6.07, 6.45) is 2.15. The number of para-hydroxylation sites is 1. The van der Waals surface area contributed by atoms with Crippen molar-refractivity contribution in [3.63, 3.8) is 0 Å². The van der Waals surface area contributed by atoms with E-state index in [-0.39, 0.29) is 17.5 Å². The summed E-state index contributed by atoms with van der Waals surface area (Å²) < 4.78 is 2.16. The first kappa shape index (κ1) is 25.8. The minimum atomic E-state index is -0.0232. The Balaban J connectivity index is 1.93. The summed E-state index contributed by atoms with van der Waals surface area (Å²) in [5, 5.41) is 9.22. The van der Waals surface area contributed by atoms with Crippen molar-refractivity contribution in [2.24, 2.45) is 0 Å². The molecule has 3 nitrogen and oxygen atoms in total. The summed E-state index contributed by atoms with van der Waals surface area (Å²) in [7, 11) is 0. The van der Waals surface area contributed by atoms with E-state index in [0.717, 1.165) is 5.69 Å². The maximum Gasteiger partial charge on any atom is 0.101 e. The van der Waals surface area contributed by atoms with E-state index in [1.807, 2.05) is 0 Å². The van der Waals surface area contributed by atoms with Gasteiger partial charge in [-0.1, -0.05) is 127 Å². The van der Waals surface area contributed by atoms with Crippen molar-refractivity contribution in [3.05, 3.63) is 119 Å². The van der Waals surface area contributed by atoms with Gasteiger partial charge in [0.1, 0.15) is 6.04 Å². The molecular weight excluding hydrogens is 438 g/mol. The quantitative estimate of drug-likeness (QED) is 0.273. The number of anilines is 1. The molecule has 0 bridgehead atoms. The van der Waals surface area contributed by atoms with Gasteiger partial charge in [0.2, 0.25) is 0 Å². The van der Waals surface area contributed by atoms with Crippen LogP contribution in [0.3, 0.4) is 0 Å². The number of benzene rings is 3. The van der Waals surface area contributed by atoms with E-state index in [0.29, 0.717) is 11.8 Å². The highest BCUT2D eigenvalue weighted by Gasteiger charge is 2.30. The molecule has 0 unspecified atom stereocenters. The molecule has 0 spiro atoms. The molecule has 0 saturated carbocycles. The fourth-order valence-electron chi connectivity index (χ4n) is 4.92. The molecule has 1 aromatic heterocycles. The Bertz CT molecular complexity index is 1220. The van der Waals surface area contributed by atoms with E-state index < -0.39 is 0 Å². The Morgan fingerprint density at radius 2 is 1.19 bits per heavy atom. The zero-order valence-electron chi connectivity index (χ0n) is 22.9.